The van der Waals surface area contributed by atoms with Crippen molar-refractivity contribution in [2.24, 2.45) is 11.6 Å². The van der Waals surface area contributed by atoms with E-state index in [2.05, 4.69) is 20.9 Å². The van der Waals surface area contributed by atoms with Crippen molar-refractivity contribution >= 4 is 34.1 Å². The fourth-order valence-corrected chi connectivity index (χ4v) is 1.94. The number of carbonyl (C=O) groups excluding carboxylic acids is 2. The van der Waals surface area contributed by atoms with Crippen LogP contribution in [0.15, 0.2) is 34.8 Å². The zero-order valence-corrected chi connectivity index (χ0v) is 11.3. The molecule has 5 N–H and O–H groups in total. The number of carbonyl (C=O) groups is 2. The Bertz CT molecular complexity index is 621. The van der Waals surface area contributed by atoms with Crippen molar-refractivity contribution in [3.63, 3.8) is 0 Å². The van der Waals surface area contributed by atoms with Gasteiger partial charge in [-0.05, 0) is 23.8 Å². The Morgan fingerprint density at radius 3 is 2.47 bits per heavy atom. The van der Waals surface area contributed by atoms with Crippen molar-refractivity contribution in [2.75, 3.05) is 5.01 Å². The zero-order valence-electron chi connectivity index (χ0n) is 9.76. The van der Waals surface area contributed by atoms with Crippen LogP contribution in [0, 0.1) is 0 Å². The van der Waals surface area contributed by atoms with Gasteiger partial charge in [-0.2, -0.15) is 0 Å². The van der Waals surface area contributed by atoms with E-state index < -0.39 is 5.91 Å². The van der Waals surface area contributed by atoms with Crippen LogP contribution in [0.5, 0.6) is 0 Å². The monoisotopic (exact) mass is 322 g/mol. The highest BCUT2D eigenvalue weighted by molar-refractivity contribution is 9.10. The number of hydrazine groups is 1. The molecular weight excluding hydrogens is 312 g/mol. The Kier molecular flexibility index (Phi) is 3.68. The van der Waals surface area contributed by atoms with E-state index in [-0.39, 0.29) is 11.4 Å². The summed E-state index contributed by atoms with van der Waals surface area (Å²) in [5, 5.41) is 0.780. The van der Waals surface area contributed by atoms with Crippen LogP contribution in [-0.2, 0) is 4.79 Å². The molecule has 0 aliphatic carbocycles. The van der Waals surface area contributed by atoms with Crippen molar-refractivity contribution in [1.82, 2.24) is 4.98 Å². The van der Waals surface area contributed by atoms with Crippen molar-refractivity contribution in [3.05, 3.63) is 40.4 Å². The average molecular weight is 323 g/mol. The van der Waals surface area contributed by atoms with E-state index in [1.807, 2.05) is 24.3 Å². The molecule has 2 amide bonds. The number of H-pyrrole nitrogens is 1. The number of aromatic nitrogens is 1. The van der Waals surface area contributed by atoms with Crippen LogP contribution in [0.3, 0.4) is 0 Å². The molecule has 6 nitrogen and oxygen atoms in total. The number of halogens is 1. The predicted octanol–water partition coefficient (Wildman–Crippen LogP) is 1.38. The van der Waals surface area contributed by atoms with E-state index in [0.29, 0.717) is 12.1 Å². The van der Waals surface area contributed by atoms with E-state index in [1.54, 1.807) is 6.07 Å². The smallest absolute Gasteiger partial charge is 0.252 e. The summed E-state index contributed by atoms with van der Waals surface area (Å²) in [6, 6.07) is 8.99. The Morgan fingerprint density at radius 1 is 1.32 bits per heavy atom. The molecule has 0 saturated heterocycles. The minimum atomic E-state index is -0.660. The number of nitrogens with one attached hydrogen (secondary N) is 1. The van der Waals surface area contributed by atoms with Crippen LogP contribution in [0.4, 0.5) is 5.82 Å². The molecule has 0 unspecified atom stereocenters. The number of rotatable bonds is 4. The van der Waals surface area contributed by atoms with E-state index in [0.717, 1.165) is 15.0 Å². The maximum atomic E-state index is 11.3. The third kappa shape index (κ3) is 2.67. The standard InChI is InChI=1S/C12H11BrN4O2/c13-8-3-1-7(2-4-8)10-5-9(11(14)19)12(16-10)17(15)6-18/h1-6,16H,15H2,(H2,14,19). The highest BCUT2D eigenvalue weighted by Gasteiger charge is 2.17. The average Bonchev–Trinajstić information content (AvgIpc) is 2.84. The Balaban J connectivity index is 2.51. The molecule has 0 aliphatic rings. The SMILES string of the molecule is NC(=O)c1cc(-c2ccc(Br)cc2)[nH]c1N(N)C=O. The highest BCUT2D eigenvalue weighted by atomic mass is 79.9. The lowest BCUT2D eigenvalue weighted by molar-refractivity contribution is -0.107. The van der Waals surface area contributed by atoms with Crippen LogP contribution in [-0.4, -0.2) is 17.3 Å². The summed E-state index contributed by atoms with van der Waals surface area (Å²) in [5.41, 5.74) is 6.91. The summed E-state index contributed by atoms with van der Waals surface area (Å²) < 4.78 is 0.937. The Labute approximate surface area is 117 Å². The van der Waals surface area contributed by atoms with Gasteiger partial charge in [-0.25, -0.2) is 10.9 Å². The van der Waals surface area contributed by atoms with Crippen LogP contribution in [0.2, 0.25) is 0 Å². The molecule has 1 aromatic heterocycles. The van der Waals surface area contributed by atoms with E-state index in [4.69, 9.17) is 11.6 Å². The lowest BCUT2D eigenvalue weighted by Gasteiger charge is -2.08. The molecule has 0 fully saturated rings. The summed E-state index contributed by atoms with van der Waals surface area (Å²) in [6.45, 7) is 0. The van der Waals surface area contributed by atoms with Gasteiger partial charge in [-0.3, -0.25) is 9.59 Å². The Hall–Kier alpha value is -2.12. The molecule has 7 heteroatoms. The molecule has 0 spiro atoms. The largest absolute Gasteiger partial charge is 0.365 e. The van der Waals surface area contributed by atoms with Gasteiger partial charge >= 0.3 is 0 Å². The van der Waals surface area contributed by atoms with Gasteiger partial charge in [0.25, 0.3) is 5.91 Å². The predicted molar refractivity (Wildman–Crippen MR) is 75.2 cm³/mol. The van der Waals surface area contributed by atoms with E-state index in [1.165, 1.54) is 0 Å². The maximum absolute atomic E-state index is 11.3. The molecule has 0 bridgehead atoms. The van der Waals surface area contributed by atoms with Gasteiger partial charge in [0.05, 0.1) is 5.56 Å². The lowest BCUT2D eigenvalue weighted by Crippen LogP contribution is -2.31. The van der Waals surface area contributed by atoms with Gasteiger partial charge in [-0.1, -0.05) is 28.1 Å². The molecule has 19 heavy (non-hydrogen) atoms. The molecular formula is C12H11BrN4O2. The molecule has 0 saturated carbocycles. The number of benzene rings is 1. The third-order valence-electron chi connectivity index (χ3n) is 2.59. The molecule has 0 aliphatic heterocycles. The first-order valence-corrected chi connectivity index (χ1v) is 6.10. The lowest BCUT2D eigenvalue weighted by atomic mass is 10.1. The molecule has 1 heterocycles. The first-order chi connectivity index (χ1) is 9.02. The number of nitrogens with two attached hydrogens (primary N) is 2. The second-order valence-electron chi connectivity index (χ2n) is 3.83. The van der Waals surface area contributed by atoms with Crippen molar-refractivity contribution in [2.45, 2.75) is 0 Å². The highest BCUT2D eigenvalue weighted by Crippen LogP contribution is 2.27. The summed E-state index contributed by atoms with van der Waals surface area (Å²) in [7, 11) is 0. The van der Waals surface area contributed by atoms with Gasteiger partial charge in [0.1, 0.15) is 5.82 Å². The van der Waals surface area contributed by atoms with Gasteiger partial charge < -0.3 is 10.7 Å². The fourth-order valence-electron chi connectivity index (χ4n) is 1.67. The fraction of sp³-hybridized carbons (Fsp3) is 0. The van der Waals surface area contributed by atoms with Crippen LogP contribution in [0.1, 0.15) is 10.4 Å². The van der Waals surface area contributed by atoms with Crippen molar-refractivity contribution in [3.8, 4) is 11.3 Å². The quantitative estimate of drug-likeness (QED) is 0.342. The second kappa shape index (κ2) is 5.25. The number of hydrogen-bond donors (Lipinski definition) is 3. The molecule has 0 radical (unpaired) electrons. The van der Waals surface area contributed by atoms with E-state index >= 15 is 0 Å². The second-order valence-corrected chi connectivity index (χ2v) is 4.74. The van der Waals surface area contributed by atoms with Gasteiger partial charge in [0.2, 0.25) is 6.41 Å². The molecule has 2 rings (SSSR count). The summed E-state index contributed by atoms with van der Waals surface area (Å²) in [4.78, 5) is 24.9. The molecule has 1 aromatic carbocycles. The minimum Gasteiger partial charge on any atom is -0.365 e. The van der Waals surface area contributed by atoms with Gasteiger partial charge in [0, 0.05) is 10.2 Å². The number of nitrogens with zero attached hydrogens (tertiary/aromatic N) is 1. The maximum Gasteiger partial charge on any atom is 0.252 e. The number of primary amides is 1. The first-order valence-electron chi connectivity index (χ1n) is 5.31. The van der Waals surface area contributed by atoms with Crippen LogP contribution < -0.4 is 16.6 Å². The van der Waals surface area contributed by atoms with Crippen LogP contribution in [0.25, 0.3) is 11.3 Å². The number of hydrogen-bond acceptors (Lipinski definition) is 3. The van der Waals surface area contributed by atoms with Crippen molar-refractivity contribution < 1.29 is 9.59 Å². The summed E-state index contributed by atoms with van der Waals surface area (Å²) in [6.07, 6.45) is 0.392. The third-order valence-corrected chi connectivity index (χ3v) is 3.12. The number of amides is 2. The van der Waals surface area contributed by atoms with Gasteiger partial charge in [-0.15, -0.1) is 0 Å². The van der Waals surface area contributed by atoms with E-state index in [9.17, 15) is 9.59 Å². The van der Waals surface area contributed by atoms with Crippen LogP contribution >= 0.6 is 15.9 Å². The van der Waals surface area contributed by atoms with Gasteiger partial charge in [0.15, 0.2) is 0 Å². The normalized spacial score (nSPS) is 10.2. The molecule has 2 aromatic rings. The summed E-state index contributed by atoms with van der Waals surface area (Å²) >= 11 is 3.34. The van der Waals surface area contributed by atoms with Crippen molar-refractivity contribution in [1.29, 1.82) is 0 Å². The first kappa shape index (κ1) is 13.3. The zero-order chi connectivity index (χ0) is 14.0. The minimum absolute atomic E-state index is 0.160. The molecule has 0 atom stereocenters. The number of aromatic amines is 1. The Morgan fingerprint density at radius 2 is 1.95 bits per heavy atom. The summed E-state index contributed by atoms with van der Waals surface area (Å²) in [5.74, 6) is 4.97. The number of anilines is 1. The topological polar surface area (TPSA) is 105 Å². The molecule has 98 valence electrons.